The number of nitrogens with one attached hydrogen (secondary N) is 1. The summed E-state index contributed by atoms with van der Waals surface area (Å²) in [5, 5.41) is 12.7. The van der Waals surface area contributed by atoms with Gasteiger partial charge in [0.05, 0.1) is 11.5 Å². The van der Waals surface area contributed by atoms with Crippen LogP contribution in [0.1, 0.15) is 36.3 Å². The molecule has 21 heavy (non-hydrogen) atoms. The standard InChI is InChI=1S/C15H19N3O2S/c1-4-11-9(3)21-15(12(11)7-16)17-14(20)10-6-13(19)18(5-2)8-10/h10H,4-6,8H2,1-3H3,(H,17,20)/t10-/m0/s1. The Balaban J connectivity index is 2.14. The summed E-state index contributed by atoms with van der Waals surface area (Å²) in [6, 6.07) is 2.18. The fourth-order valence-corrected chi connectivity index (χ4v) is 3.78. The summed E-state index contributed by atoms with van der Waals surface area (Å²) in [6.45, 7) is 6.95. The van der Waals surface area contributed by atoms with Gasteiger partial charge in [0.2, 0.25) is 11.8 Å². The number of amides is 2. The van der Waals surface area contributed by atoms with Crippen molar-refractivity contribution < 1.29 is 9.59 Å². The van der Waals surface area contributed by atoms with E-state index in [1.165, 1.54) is 11.3 Å². The van der Waals surface area contributed by atoms with Crippen molar-refractivity contribution in [3.63, 3.8) is 0 Å². The number of carbonyl (C=O) groups is 2. The van der Waals surface area contributed by atoms with Crippen molar-refractivity contribution >= 4 is 28.2 Å². The van der Waals surface area contributed by atoms with E-state index in [0.717, 1.165) is 16.9 Å². The van der Waals surface area contributed by atoms with E-state index in [9.17, 15) is 14.9 Å². The number of aryl methyl sites for hydroxylation is 1. The number of carbonyl (C=O) groups excluding carboxylic acids is 2. The van der Waals surface area contributed by atoms with Gasteiger partial charge in [-0.25, -0.2) is 0 Å². The molecule has 0 bridgehead atoms. The Morgan fingerprint density at radius 3 is 2.76 bits per heavy atom. The first kappa shape index (κ1) is 15.5. The number of hydrogen-bond acceptors (Lipinski definition) is 4. The zero-order valence-corrected chi connectivity index (χ0v) is 13.3. The van der Waals surface area contributed by atoms with Gasteiger partial charge in [-0.1, -0.05) is 6.92 Å². The molecule has 1 aromatic heterocycles. The van der Waals surface area contributed by atoms with Gasteiger partial charge in [-0.2, -0.15) is 5.26 Å². The van der Waals surface area contributed by atoms with E-state index in [1.54, 1.807) is 4.90 Å². The van der Waals surface area contributed by atoms with Crippen molar-refractivity contribution in [3.8, 4) is 6.07 Å². The summed E-state index contributed by atoms with van der Waals surface area (Å²) in [6.07, 6.45) is 1.03. The molecule has 0 spiro atoms. The highest BCUT2D eigenvalue weighted by Gasteiger charge is 2.34. The van der Waals surface area contributed by atoms with E-state index in [2.05, 4.69) is 11.4 Å². The highest BCUT2D eigenvalue weighted by atomic mass is 32.1. The lowest BCUT2D eigenvalue weighted by atomic mass is 10.1. The minimum Gasteiger partial charge on any atom is -0.342 e. The van der Waals surface area contributed by atoms with Gasteiger partial charge in [-0.3, -0.25) is 9.59 Å². The van der Waals surface area contributed by atoms with E-state index >= 15 is 0 Å². The number of rotatable bonds is 4. The van der Waals surface area contributed by atoms with Gasteiger partial charge < -0.3 is 10.2 Å². The molecular formula is C15H19N3O2S. The maximum absolute atomic E-state index is 12.3. The Bertz CT molecular complexity index is 615. The van der Waals surface area contributed by atoms with Crippen LogP contribution in [0.4, 0.5) is 5.00 Å². The average Bonchev–Trinajstić information content (AvgIpc) is 2.98. The molecule has 1 atom stereocenters. The van der Waals surface area contributed by atoms with Gasteiger partial charge in [0, 0.05) is 24.4 Å². The van der Waals surface area contributed by atoms with Crippen molar-refractivity contribution in [3.05, 3.63) is 16.0 Å². The van der Waals surface area contributed by atoms with Crippen LogP contribution in [0.2, 0.25) is 0 Å². The van der Waals surface area contributed by atoms with E-state index in [0.29, 0.717) is 23.7 Å². The Morgan fingerprint density at radius 1 is 1.52 bits per heavy atom. The SMILES string of the molecule is CCc1c(C)sc(NC(=O)[C@H]2CC(=O)N(CC)C2)c1C#N. The average molecular weight is 305 g/mol. The second-order valence-corrected chi connectivity index (χ2v) is 6.35. The minimum atomic E-state index is -0.323. The summed E-state index contributed by atoms with van der Waals surface area (Å²) in [5.41, 5.74) is 1.56. The molecule has 1 aliphatic heterocycles. The molecule has 1 saturated heterocycles. The van der Waals surface area contributed by atoms with Crippen LogP contribution in [-0.4, -0.2) is 29.8 Å². The Kier molecular flexibility index (Phi) is 4.63. The monoisotopic (exact) mass is 305 g/mol. The molecule has 0 unspecified atom stereocenters. The molecule has 0 aliphatic carbocycles. The lowest BCUT2D eigenvalue weighted by Crippen LogP contribution is -2.28. The quantitative estimate of drug-likeness (QED) is 0.927. The van der Waals surface area contributed by atoms with Gasteiger partial charge in [0.25, 0.3) is 0 Å². The molecule has 1 N–H and O–H groups in total. The number of anilines is 1. The van der Waals surface area contributed by atoms with E-state index in [-0.39, 0.29) is 24.2 Å². The molecule has 5 nitrogen and oxygen atoms in total. The second kappa shape index (κ2) is 6.27. The molecule has 2 heterocycles. The molecule has 2 rings (SSSR count). The first-order valence-corrected chi connectivity index (χ1v) is 7.94. The lowest BCUT2D eigenvalue weighted by Gasteiger charge is -2.13. The maximum Gasteiger partial charge on any atom is 0.230 e. The predicted molar refractivity (Wildman–Crippen MR) is 82.1 cm³/mol. The number of nitriles is 1. The van der Waals surface area contributed by atoms with Crippen LogP contribution >= 0.6 is 11.3 Å². The van der Waals surface area contributed by atoms with Crippen LogP contribution in [0.5, 0.6) is 0 Å². The number of hydrogen-bond donors (Lipinski definition) is 1. The fraction of sp³-hybridized carbons (Fsp3) is 0.533. The van der Waals surface area contributed by atoms with Gasteiger partial charge in [0.15, 0.2) is 0 Å². The first-order valence-electron chi connectivity index (χ1n) is 7.12. The summed E-state index contributed by atoms with van der Waals surface area (Å²) in [4.78, 5) is 26.7. The summed E-state index contributed by atoms with van der Waals surface area (Å²) in [5.74, 6) is -0.467. The molecule has 1 fully saturated rings. The Labute approximate surface area is 128 Å². The highest BCUT2D eigenvalue weighted by molar-refractivity contribution is 7.16. The van der Waals surface area contributed by atoms with Crippen LogP contribution in [0.3, 0.4) is 0 Å². The second-order valence-electron chi connectivity index (χ2n) is 5.13. The molecule has 1 aliphatic rings. The summed E-state index contributed by atoms with van der Waals surface area (Å²) >= 11 is 1.43. The molecule has 0 saturated carbocycles. The number of thiophene rings is 1. The fourth-order valence-electron chi connectivity index (χ4n) is 2.68. The molecule has 2 amide bonds. The van der Waals surface area contributed by atoms with Crippen molar-refractivity contribution in [1.29, 1.82) is 5.26 Å². The normalized spacial score (nSPS) is 17.9. The largest absolute Gasteiger partial charge is 0.342 e. The van der Waals surface area contributed by atoms with Crippen LogP contribution in [0, 0.1) is 24.2 Å². The van der Waals surface area contributed by atoms with Gasteiger partial charge in [0.1, 0.15) is 11.1 Å². The first-order chi connectivity index (χ1) is 10.0. The summed E-state index contributed by atoms with van der Waals surface area (Å²) in [7, 11) is 0. The predicted octanol–water partition coefficient (Wildman–Crippen LogP) is 2.30. The van der Waals surface area contributed by atoms with Crippen molar-refractivity contribution in [2.24, 2.45) is 5.92 Å². The van der Waals surface area contributed by atoms with Gasteiger partial charge >= 0.3 is 0 Å². The maximum atomic E-state index is 12.3. The summed E-state index contributed by atoms with van der Waals surface area (Å²) < 4.78 is 0. The van der Waals surface area contributed by atoms with Crippen molar-refractivity contribution in [2.75, 3.05) is 18.4 Å². The van der Waals surface area contributed by atoms with E-state index in [1.807, 2.05) is 20.8 Å². The topological polar surface area (TPSA) is 73.2 Å². The molecule has 0 radical (unpaired) electrons. The highest BCUT2D eigenvalue weighted by Crippen LogP contribution is 2.33. The third kappa shape index (κ3) is 2.93. The smallest absolute Gasteiger partial charge is 0.230 e. The Morgan fingerprint density at radius 2 is 2.24 bits per heavy atom. The van der Waals surface area contributed by atoms with Crippen LogP contribution in [-0.2, 0) is 16.0 Å². The van der Waals surface area contributed by atoms with Gasteiger partial charge in [-0.15, -0.1) is 11.3 Å². The molecule has 6 heteroatoms. The van der Waals surface area contributed by atoms with Crippen LogP contribution < -0.4 is 5.32 Å². The van der Waals surface area contributed by atoms with Crippen LogP contribution in [0.15, 0.2) is 0 Å². The third-order valence-electron chi connectivity index (χ3n) is 3.88. The van der Waals surface area contributed by atoms with Crippen molar-refractivity contribution in [2.45, 2.75) is 33.6 Å². The third-order valence-corrected chi connectivity index (χ3v) is 4.94. The molecule has 1 aromatic rings. The zero-order chi connectivity index (χ0) is 15.6. The van der Waals surface area contributed by atoms with E-state index in [4.69, 9.17) is 0 Å². The zero-order valence-electron chi connectivity index (χ0n) is 12.5. The lowest BCUT2D eigenvalue weighted by molar-refractivity contribution is -0.128. The van der Waals surface area contributed by atoms with Crippen molar-refractivity contribution in [1.82, 2.24) is 4.90 Å². The molecule has 0 aromatic carbocycles. The van der Waals surface area contributed by atoms with E-state index < -0.39 is 0 Å². The molecule has 112 valence electrons. The minimum absolute atomic E-state index is 0.0229. The number of nitrogens with zero attached hydrogens (tertiary/aromatic N) is 2. The van der Waals surface area contributed by atoms with Crippen LogP contribution in [0.25, 0.3) is 0 Å². The number of likely N-dealkylation sites (tertiary alicyclic amines) is 1. The van der Waals surface area contributed by atoms with Gasteiger partial charge in [-0.05, 0) is 25.8 Å². The Hall–Kier alpha value is -1.87. The molecular weight excluding hydrogens is 286 g/mol.